The molecule has 1 fully saturated rings. The Balaban J connectivity index is 1.77. The fourth-order valence-corrected chi connectivity index (χ4v) is 2.96. The van der Waals surface area contributed by atoms with Crippen molar-refractivity contribution in [1.82, 2.24) is 15.5 Å². The number of imide groups is 1. The Hall–Kier alpha value is -2.08. The van der Waals surface area contributed by atoms with E-state index in [0.717, 1.165) is 31.6 Å². The second-order valence-electron chi connectivity index (χ2n) is 7.69. The normalized spacial score (nSPS) is 17.6. The Kier molecular flexibility index (Phi) is 6.42. The van der Waals surface area contributed by atoms with Crippen molar-refractivity contribution in [3.05, 3.63) is 30.3 Å². The molecule has 138 valence electrons. The highest BCUT2D eigenvalue weighted by atomic mass is 16.2. The van der Waals surface area contributed by atoms with Gasteiger partial charge in [0, 0.05) is 30.4 Å². The lowest BCUT2D eigenvalue weighted by molar-refractivity contribution is -0.125. The number of anilines is 1. The van der Waals surface area contributed by atoms with Gasteiger partial charge in [0.25, 0.3) is 0 Å². The highest BCUT2D eigenvalue weighted by Gasteiger charge is 2.28. The molecule has 0 radical (unpaired) electrons. The molecule has 2 rings (SSSR count). The molecular formula is C19H30N4O2. The molecule has 0 spiro atoms. The van der Waals surface area contributed by atoms with E-state index in [1.807, 2.05) is 45.9 Å². The predicted octanol–water partition coefficient (Wildman–Crippen LogP) is 2.58. The molecule has 1 aromatic carbocycles. The number of para-hydroxylation sites is 1. The minimum absolute atomic E-state index is 0.254. The summed E-state index contributed by atoms with van der Waals surface area (Å²) < 4.78 is 0. The lowest BCUT2D eigenvalue weighted by Gasteiger charge is -2.36. The molecular weight excluding hydrogens is 316 g/mol. The molecule has 1 atom stereocenters. The van der Waals surface area contributed by atoms with E-state index in [1.54, 1.807) is 0 Å². The molecule has 0 aliphatic carbocycles. The Morgan fingerprint density at radius 1 is 1.12 bits per heavy atom. The van der Waals surface area contributed by atoms with Crippen LogP contribution in [-0.2, 0) is 4.79 Å². The third-order valence-electron chi connectivity index (χ3n) is 4.33. The number of carbonyl (C=O) groups excluding carboxylic acids is 2. The number of nitrogens with one attached hydrogen (secondary N) is 3. The molecule has 0 bridgehead atoms. The molecule has 6 nitrogen and oxygen atoms in total. The first-order valence-electron chi connectivity index (χ1n) is 8.93. The van der Waals surface area contributed by atoms with Gasteiger partial charge in [0.05, 0.1) is 6.04 Å². The van der Waals surface area contributed by atoms with Crippen LogP contribution in [0.1, 0.15) is 40.5 Å². The fourth-order valence-electron chi connectivity index (χ4n) is 2.96. The van der Waals surface area contributed by atoms with Gasteiger partial charge in [0.2, 0.25) is 5.91 Å². The number of rotatable bonds is 4. The zero-order chi connectivity index (χ0) is 18.4. The number of likely N-dealkylation sites (tertiary alicyclic amines) is 1. The number of hydrogen-bond donors (Lipinski definition) is 3. The average molecular weight is 346 g/mol. The van der Waals surface area contributed by atoms with Gasteiger partial charge in [0.1, 0.15) is 0 Å². The third-order valence-corrected chi connectivity index (χ3v) is 4.33. The molecule has 0 unspecified atom stereocenters. The maximum Gasteiger partial charge on any atom is 0.321 e. The summed E-state index contributed by atoms with van der Waals surface area (Å²) in [6, 6.07) is 9.83. The molecule has 25 heavy (non-hydrogen) atoms. The van der Waals surface area contributed by atoms with Crippen LogP contribution in [0.4, 0.5) is 10.5 Å². The van der Waals surface area contributed by atoms with Crippen molar-refractivity contribution in [2.75, 3.05) is 18.4 Å². The third kappa shape index (κ3) is 6.38. The van der Waals surface area contributed by atoms with Crippen molar-refractivity contribution < 1.29 is 9.59 Å². The Bertz CT molecular complexity index is 575. The van der Waals surface area contributed by atoms with E-state index < -0.39 is 6.03 Å². The van der Waals surface area contributed by atoms with Crippen molar-refractivity contribution in [3.63, 3.8) is 0 Å². The second kappa shape index (κ2) is 8.34. The monoisotopic (exact) mass is 346 g/mol. The van der Waals surface area contributed by atoms with Crippen LogP contribution < -0.4 is 16.0 Å². The topological polar surface area (TPSA) is 73.5 Å². The largest absolute Gasteiger partial charge is 0.382 e. The van der Waals surface area contributed by atoms with Crippen LogP contribution in [0.15, 0.2) is 30.3 Å². The number of nitrogens with zero attached hydrogens (tertiary/aromatic N) is 1. The van der Waals surface area contributed by atoms with Crippen LogP contribution in [0.25, 0.3) is 0 Å². The van der Waals surface area contributed by atoms with Gasteiger partial charge in [0.15, 0.2) is 0 Å². The van der Waals surface area contributed by atoms with Crippen molar-refractivity contribution in [1.29, 1.82) is 0 Å². The first kappa shape index (κ1) is 19.2. The second-order valence-corrected chi connectivity index (χ2v) is 7.69. The van der Waals surface area contributed by atoms with E-state index in [9.17, 15) is 9.59 Å². The van der Waals surface area contributed by atoms with Crippen LogP contribution in [0.5, 0.6) is 0 Å². The van der Waals surface area contributed by atoms with Crippen molar-refractivity contribution in [2.24, 2.45) is 0 Å². The van der Waals surface area contributed by atoms with Crippen LogP contribution in [0.3, 0.4) is 0 Å². The van der Waals surface area contributed by atoms with Crippen LogP contribution in [0, 0.1) is 0 Å². The van der Waals surface area contributed by atoms with E-state index >= 15 is 0 Å². The zero-order valence-electron chi connectivity index (χ0n) is 15.6. The van der Waals surface area contributed by atoms with Gasteiger partial charge < -0.3 is 10.6 Å². The molecule has 0 saturated carbocycles. The molecule has 1 aliphatic rings. The van der Waals surface area contributed by atoms with Crippen molar-refractivity contribution in [3.8, 4) is 0 Å². The molecule has 1 aromatic rings. The standard InChI is InChI=1S/C19H30N4O2/c1-14(17(24)21-18(25)22-19(2,3)4)23-12-10-16(11-13-23)20-15-8-6-5-7-9-15/h5-9,14,16,20H,10-13H2,1-4H3,(H2,21,22,24,25)/t14-/m0/s1. The molecule has 6 heteroatoms. The smallest absolute Gasteiger partial charge is 0.321 e. The van der Waals surface area contributed by atoms with Gasteiger partial charge in [-0.3, -0.25) is 15.0 Å². The maximum absolute atomic E-state index is 12.3. The van der Waals surface area contributed by atoms with Crippen LogP contribution >= 0.6 is 0 Å². The number of carbonyl (C=O) groups is 2. The Morgan fingerprint density at radius 3 is 2.28 bits per heavy atom. The molecule has 1 aliphatic heterocycles. The Morgan fingerprint density at radius 2 is 1.72 bits per heavy atom. The summed E-state index contributed by atoms with van der Waals surface area (Å²) in [5.41, 5.74) is 0.764. The summed E-state index contributed by atoms with van der Waals surface area (Å²) in [5.74, 6) is -0.254. The minimum Gasteiger partial charge on any atom is -0.382 e. The van der Waals surface area contributed by atoms with E-state index in [1.165, 1.54) is 0 Å². The highest BCUT2D eigenvalue weighted by Crippen LogP contribution is 2.18. The van der Waals surface area contributed by atoms with Crippen molar-refractivity contribution >= 4 is 17.6 Å². The van der Waals surface area contributed by atoms with Gasteiger partial charge >= 0.3 is 6.03 Å². The number of benzene rings is 1. The summed E-state index contributed by atoms with van der Waals surface area (Å²) in [5, 5.41) is 8.72. The van der Waals surface area contributed by atoms with Crippen LogP contribution in [-0.4, -0.2) is 47.6 Å². The maximum atomic E-state index is 12.3. The average Bonchev–Trinajstić information content (AvgIpc) is 2.54. The first-order chi connectivity index (χ1) is 11.7. The number of urea groups is 1. The Labute approximate surface area is 150 Å². The molecule has 0 aromatic heterocycles. The van der Waals surface area contributed by atoms with E-state index in [2.05, 4.69) is 33.0 Å². The summed E-state index contributed by atoms with van der Waals surface area (Å²) in [6.07, 6.45) is 1.95. The van der Waals surface area contributed by atoms with Gasteiger partial charge in [-0.25, -0.2) is 4.79 Å². The SMILES string of the molecule is C[C@@H](C(=O)NC(=O)NC(C)(C)C)N1CCC(Nc2ccccc2)CC1. The van der Waals surface area contributed by atoms with Gasteiger partial charge in [-0.05, 0) is 52.7 Å². The van der Waals surface area contributed by atoms with E-state index in [-0.39, 0.29) is 17.5 Å². The minimum atomic E-state index is -0.440. The van der Waals surface area contributed by atoms with Gasteiger partial charge in [-0.1, -0.05) is 18.2 Å². The summed E-state index contributed by atoms with van der Waals surface area (Å²) in [6.45, 7) is 9.16. The van der Waals surface area contributed by atoms with Crippen LogP contribution in [0.2, 0.25) is 0 Å². The summed E-state index contributed by atoms with van der Waals surface area (Å²) >= 11 is 0. The quantitative estimate of drug-likeness (QED) is 0.783. The number of hydrogen-bond acceptors (Lipinski definition) is 4. The lowest BCUT2D eigenvalue weighted by atomic mass is 10.0. The number of amides is 3. The summed E-state index contributed by atoms with van der Waals surface area (Å²) in [4.78, 5) is 26.2. The zero-order valence-corrected chi connectivity index (χ0v) is 15.6. The van der Waals surface area contributed by atoms with Gasteiger partial charge in [-0.15, -0.1) is 0 Å². The lowest BCUT2D eigenvalue weighted by Crippen LogP contribution is -2.54. The van der Waals surface area contributed by atoms with E-state index in [0.29, 0.717) is 6.04 Å². The fraction of sp³-hybridized carbons (Fsp3) is 0.579. The summed E-state index contributed by atoms with van der Waals surface area (Å²) in [7, 11) is 0. The molecule has 1 saturated heterocycles. The highest BCUT2D eigenvalue weighted by molar-refractivity contribution is 5.97. The first-order valence-corrected chi connectivity index (χ1v) is 8.93. The molecule has 3 N–H and O–H groups in total. The number of piperidine rings is 1. The van der Waals surface area contributed by atoms with Gasteiger partial charge in [-0.2, -0.15) is 0 Å². The molecule has 3 amide bonds. The van der Waals surface area contributed by atoms with Crippen molar-refractivity contribution in [2.45, 2.75) is 58.2 Å². The van der Waals surface area contributed by atoms with E-state index in [4.69, 9.17) is 0 Å². The predicted molar refractivity (Wildman–Crippen MR) is 101 cm³/mol. The molecule has 1 heterocycles.